The van der Waals surface area contributed by atoms with Crippen LogP contribution >= 0.6 is 0 Å². The van der Waals surface area contributed by atoms with Crippen molar-refractivity contribution in [3.05, 3.63) is 78.3 Å². The SMILES string of the molecule is O=S(=O)(Nc1ccc2n[nH]c(C=Cc3ccccn3)c2c1)c1cccnc1F. The molecule has 7 nitrogen and oxygen atoms in total. The molecule has 9 heteroatoms. The van der Waals surface area contributed by atoms with Crippen molar-refractivity contribution in [3.63, 3.8) is 0 Å². The van der Waals surface area contributed by atoms with Gasteiger partial charge in [-0.1, -0.05) is 6.07 Å². The Hall–Kier alpha value is -3.59. The van der Waals surface area contributed by atoms with E-state index >= 15 is 0 Å². The molecular weight excluding hydrogens is 381 g/mol. The molecule has 3 heterocycles. The number of sulfonamides is 1. The molecule has 0 aliphatic rings. The van der Waals surface area contributed by atoms with Crippen molar-refractivity contribution < 1.29 is 12.8 Å². The van der Waals surface area contributed by atoms with Crippen LogP contribution in [0.3, 0.4) is 0 Å². The molecule has 0 radical (unpaired) electrons. The quantitative estimate of drug-likeness (QED) is 0.504. The first-order valence-corrected chi connectivity index (χ1v) is 9.72. The van der Waals surface area contributed by atoms with E-state index in [0.29, 0.717) is 16.6 Å². The van der Waals surface area contributed by atoms with Crippen LogP contribution in [0.5, 0.6) is 0 Å². The van der Waals surface area contributed by atoms with Crippen LogP contribution in [0.1, 0.15) is 11.4 Å². The zero-order valence-electron chi connectivity index (χ0n) is 14.4. The smallest absolute Gasteiger partial charge is 0.266 e. The number of nitrogens with one attached hydrogen (secondary N) is 2. The van der Waals surface area contributed by atoms with Crippen molar-refractivity contribution in [2.45, 2.75) is 4.90 Å². The highest BCUT2D eigenvalue weighted by Gasteiger charge is 2.20. The molecule has 28 heavy (non-hydrogen) atoms. The molecule has 4 rings (SSSR count). The van der Waals surface area contributed by atoms with Gasteiger partial charge in [-0.25, -0.2) is 13.4 Å². The van der Waals surface area contributed by atoms with E-state index in [1.807, 2.05) is 24.3 Å². The molecule has 4 aromatic rings. The molecule has 2 N–H and O–H groups in total. The standard InChI is InChI=1S/C19H14FN5O2S/c20-19-18(5-3-11-22-19)28(26,27)25-14-7-9-17-15(12-14)16(23-24-17)8-6-13-4-1-2-10-21-13/h1-12,25H,(H,23,24). The summed E-state index contributed by atoms with van der Waals surface area (Å²) in [4.78, 5) is 7.08. The van der Waals surface area contributed by atoms with Crippen molar-refractivity contribution in [3.8, 4) is 0 Å². The molecule has 0 aliphatic heterocycles. The summed E-state index contributed by atoms with van der Waals surface area (Å²) >= 11 is 0. The largest absolute Gasteiger partial charge is 0.279 e. The Morgan fingerprint density at radius 2 is 1.86 bits per heavy atom. The van der Waals surface area contributed by atoms with Crippen molar-refractivity contribution >= 4 is 38.8 Å². The van der Waals surface area contributed by atoms with Crippen molar-refractivity contribution in [1.29, 1.82) is 0 Å². The van der Waals surface area contributed by atoms with E-state index in [0.717, 1.165) is 11.8 Å². The van der Waals surface area contributed by atoms with Gasteiger partial charge in [-0.05, 0) is 54.6 Å². The van der Waals surface area contributed by atoms with Gasteiger partial charge >= 0.3 is 0 Å². The number of pyridine rings is 2. The van der Waals surface area contributed by atoms with Gasteiger partial charge in [0.1, 0.15) is 4.90 Å². The van der Waals surface area contributed by atoms with Gasteiger partial charge in [0.25, 0.3) is 10.0 Å². The number of H-pyrrole nitrogens is 1. The fourth-order valence-electron chi connectivity index (χ4n) is 2.65. The first-order valence-electron chi connectivity index (χ1n) is 8.23. The van der Waals surface area contributed by atoms with Gasteiger partial charge in [0.15, 0.2) is 0 Å². The van der Waals surface area contributed by atoms with Gasteiger partial charge < -0.3 is 0 Å². The Kier molecular flexibility index (Phi) is 4.58. The predicted octanol–water partition coefficient (Wildman–Crippen LogP) is 3.46. The third kappa shape index (κ3) is 3.60. The summed E-state index contributed by atoms with van der Waals surface area (Å²) in [7, 11) is -4.11. The molecule has 0 saturated heterocycles. The highest BCUT2D eigenvalue weighted by Crippen LogP contribution is 2.24. The van der Waals surface area contributed by atoms with E-state index in [2.05, 4.69) is 24.9 Å². The summed E-state index contributed by atoms with van der Waals surface area (Å²) in [5.74, 6) is -1.06. The maximum Gasteiger partial charge on any atom is 0.266 e. The zero-order valence-corrected chi connectivity index (χ0v) is 15.2. The average Bonchev–Trinajstić information content (AvgIpc) is 3.09. The Morgan fingerprint density at radius 3 is 2.64 bits per heavy atom. The summed E-state index contributed by atoms with van der Waals surface area (Å²) in [6, 6.07) is 12.9. The molecular formula is C19H14FN5O2S. The molecule has 0 saturated carbocycles. The van der Waals surface area contributed by atoms with Gasteiger partial charge in [-0.2, -0.15) is 9.49 Å². The molecule has 3 aromatic heterocycles. The summed E-state index contributed by atoms with van der Waals surface area (Å²) in [5, 5.41) is 7.81. The molecule has 0 bridgehead atoms. The summed E-state index contributed by atoms with van der Waals surface area (Å²) in [6.07, 6.45) is 6.49. The van der Waals surface area contributed by atoms with Crippen LogP contribution in [0, 0.1) is 5.95 Å². The number of hydrogen-bond acceptors (Lipinski definition) is 5. The van der Waals surface area contributed by atoms with E-state index in [1.165, 1.54) is 12.3 Å². The minimum Gasteiger partial charge on any atom is -0.279 e. The van der Waals surface area contributed by atoms with Crippen LogP contribution in [0.4, 0.5) is 10.1 Å². The van der Waals surface area contributed by atoms with Crippen LogP contribution in [0.25, 0.3) is 23.1 Å². The highest BCUT2D eigenvalue weighted by atomic mass is 32.2. The number of rotatable bonds is 5. The van der Waals surface area contributed by atoms with E-state index in [-0.39, 0.29) is 5.69 Å². The lowest BCUT2D eigenvalue weighted by Gasteiger charge is -2.08. The normalized spacial score (nSPS) is 11.9. The van der Waals surface area contributed by atoms with E-state index < -0.39 is 20.9 Å². The van der Waals surface area contributed by atoms with Crippen LogP contribution < -0.4 is 4.72 Å². The molecule has 1 aromatic carbocycles. The van der Waals surface area contributed by atoms with Gasteiger partial charge in [0.05, 0.1) is 16.9 Å². The molecule has 140 valence electrons. The highest BCUT2D eigenvalue weighted by molar-refractivity contribution is 7.92. The number of fused-ring (bicyclic) bond motifs is 1. The topological polar surface area (TPSA) is 101 Å². The van der Waals surface area contributed by atoms with Gasteiger partial charge in [0, 0.05) is 23.5 Å². The molecule has 0 atom stereocenters. The number of hydrogen-bond donors (Lipinski definition) is 2. The zero-order chi connectivity index (χ0) is 19.6. The van der Waals surface area contributed by atoms with E-state index in [9.17, 15) is 12.8 Å². The van der Waals surface area contributed by atoms with E-state index in [4.69, 9.17) is 0 Å². The first kappa shape index (κ1) is 17.8. The summed E-state index contributed by atoms with van der Waals surface area (Å²) in [5.41, 5.74) is 2.41. The van der Waals surface area contributed by atoms with Crippen molar-refractivity contribution in [1.82, 2.24) is 20.2 Å². The first-order chi connectivity index (χ1) is 13.5. The van der Waals surface area contributed by atoms with Crippen LogP contribution in [-0.4, -0.2) is 28.6 Å². The Balaban J connectivity index is 1.66. The average molecular weight is 395 g/mol. The van der Waals surface area contributed by atoms with Crippen LogP contribution in [-0.2, 0) is 10.0 Å². The second-order valence-corrected chi connectivity index (χ2v) is 7.51. The Bertz CT molecular complexity index is 1270. The number of anilines is 1. The number of nitrogens with zero attached hydrogens (tertiary/aromatic N) is 3. The van der Waals surface area contributed by atoms with E-state index in [1.54, 1.807) is 30.5 Å². The van der Waals surface area contributed by atoms with Gasteiger partial charge in [-0.15, -0.1) is 0 Å². The molecule has 0 aliphatic carbocycles. The predicted molar refractivity (Wildman–Crippen MR) is 104 cm³/mol. The maximum absolute atomic E-state index is 13.8. The molecule has 0 fully saturated rings. The fraction of sp³-hybridized carbons (Fsp3) is 0. The van der Waals surface area contributed by atoms with Gasteiger partial charge in [-0.3, -0.25) is 14.8 Å². The number of benzene rings is 1. The minimum atomic E-state index is -4.11. The lowest BCUT2D eigenvalue weighted by atomic mass is 10.2. The maximum atomic E-state index is 13.8. The third-order valence-electron chi connectivity index (χ3n) is 3.96. The van der Waals surface area contributed by atoms with Crippen LogP contribution in [0.15, 0.2) is 65.8 Å². The van der Waals surface area contributed by atoms with Gasteiger partial charge in [0.2, 0.25) is 5.95 Å². The van der Waals surface area contributed by atoms with Crippen molar-refractivity contribution in [2.75, 3.05) is 4.72 Å². The molecule has 0 spiro atoms. The lowest BCUT2D eigenvalue weighted by molar-refractivity contribution is 0.540. The van der Waals surface area contributed by atoms with Crippen LogP contribution in [0.2, 0.25) is 0 Å². The number of halogens is 1. The lowest BCUT2D eigenvalue weighted by Crippen LogP contribution is -2.15. The summed E-state index contributed by atoms with van der Waals surface area (Å²) < 4.78 is 41.0. The number of aromatic nitrogens is 4. The monoisotopic (exact) mass is 395 g/mol. The Labute approximate surface area is 160 Å². The second kappa shape index (κ2) is 7.20. The molecule has 0 unspecified atom stereocenters. The second-order valence-electron chi connectivity index (χ2n) is 5.85. The minimum absolute atomic E-state index is 0.282. The van der Waals surface area contributed by atoms with Crippen molar-refractivity contribution in [2.24, 2.45) is 0 Å². The molecule has 0 amide bonds. The third-order valence-corrected chi connectivity index (χ3v) is 5.35. The fourth-order valence-corrected chi connectivity index (χ4v) is 3.73. The number of aromatic amines is 1. The Morgan fingerprint density at radius 1 is 1.00 bits per heavy atom. The summed E-state index contributed by atoms with van der Waals surface area (Å²) in [6.45, 7) is 0.